The number of rotatable bonds is 3. The zero-order chi connectivity index (χ0) is 18.9. The Morgan fingerprint density at radius 1 is 1.04 bits per heavy atom. The number of likely N-dealkylation sites (tertiary alicyclic amines) is 1. The molecule has 2 heterocycles. The van der Waals surface area contributed by atoms with E-state index in [1.54, 1.807) is 31.3 Å². The van der Waals surface area contributed by atoms with Crippen molar-refractivity contribution in [3.05, 3.63) is 35.4 Å². The van der Waals surface area contributed by atoms with E-state index in [0.29, 0.717) is 23.5 Å². The lowest BCUT2D eigenvalue weighted by Crippen LogP contribution is -2.38. The predicted molar refractivity (Wildman–Crippen MR) is 99.9 cm³/mol. The highest BCUT2D eigenvalue weighted by molar-refractivity contribution is 7.91. The van der Waals surface area contributed by atoms with Crippen LogP contribution in [0.15, 0.2) is 24.3 Å². The van der Waals surface area contributed by atoms with Crippen molar-refractivity contribution in [2.75, 3.05) is 31.6 Å². The third kappa shape index (κ3) is 4.09. The fourth-order valence-corrected chi connectivity index (χ4v) is 5.37. The van der Waals surface area contributed by atoms with Gasteiger partial charge in [-0.25, -0.2) is 8.42 Å². The summed E-state index contributed by atoms with van der Waals surface area (Å²) in [6, 6.07) is 6.41. The monoisotopic (exact) mass is 378 g/mol. The zero-order valence-corrected chi connectivity index (χ0v) is 16.2. The molecule has 2 amide bonds. The molecule has 0 saturated carbocycles. The normalized spacial score (nSPS) is 23.0. The number of sulfone groups is 1. The SMILES string of the molecule is CC1CCN(C(=O)c2ccc(C(=O)N(C)C3CCS(=O)(=O)C3)cc2)CC1. The summed E-state index contributed by atoms with van der Waals surface area (Å²) >= 11 is 0. The van der Waals surface area contributed by atoms with E-state index in [4.69, 9.17) is 0 Å². The second kappa shape index (κ2) is 7.39. The molecule has 2 aliphatic rings. The standard InChI is InChI=1S/C19H26N2O4S/c1-14-7-10-21(11-8-14)19(23)16-5-3-15(4-6-16)18(22)20(2)17-9-12-26(24,25)13-17/h3-6,14,17H,7-13H2,1-2H3. The molecule has 1 aromatic rings. The van der Waals surface area contributed by atoms with E-state index >= 15 is 0 Å². The Hall–Kier alpha value is -1.89. The molecule has 7 heteroatoms. The van der Waals surface area contributed by atoms with Crippen molar-refractivity contribution in [1.29, 1.82) is 0 Å². The Kier molecular flexibility index (Phi) is 5.37. The number of carbonyl (C=O) groups is 2. The van der Waals surface area contributed by atoms with Crippen molar-refractivity contribution in [1.82, 2.24) is 9.80 Å². The number of amides is 2. The minimum absolute atomic E-state index is 0.00569. The molecule has 1 atom stereocenters. The van der Waals surface area contributed by atoms with Gasteiger partial charge in [-0.15, -0.1) is 0 Å². The predicted octanol–water partition coefficient (Wildman–Crippen LogP) is 1.82. The average Bonchev–Trinajstić information content (AvgIpc) is 3.00. The number of hydrogen-bond donors (Lipinski definition) is 0. The molecule has 3 rings (SSSR count). The van der Waals surface area contributed by atoms with Gasteiger partial charge in [0, 0.05) is 37.3 Å². The van der Waals surface area contributed by atoms with Crippen LogP contribution >= 0.6 is 0 Å². The summed E-state index contributed by atoms with van der Waals surface area (Å²) in [6.45, 7) is 3.76. The molecule has 26 heavy (non-hydrogen) atoms. The molecule has 0 aromatic heterocycles. The fourth-order valence-electron chi connectivity index (χ4n) is 3.60. The molecule has 1 unspecified atom stereocenters. The average molecular weight is 378 g/mol. The van der Waals surface area contributed by atoms with E-state index in [1.165, 1.54) is 4.90 Å². The van der Waals surface area contributed by atoms with Crippen molar-refractivity contribution in [2.45, 2.75) is 32.2 Å². The Balaban J connectivity index is 1.65. The van der Waals surface area contributed by atoms with Gasteiger partial charge in [0.05, 0.1) is 11.5 Å². The van der Waals surface area contributed by atoms with Gasteiger partial charge in [0.2, 0.25) is 0 Å². The summed E-state index contributed by atoms with van der Waals surface area (Å²) in [5.41, 5.74) is 1.06. The Morgan fingerprint density at radius 2 is 1.62 bits per heavy atom. The van der Waals surface area contributed by atoms with Gasteiger partial charge in [-0.05, 0) is 49.4 Å². The minimum Gasteiger partial charge on any atom is -0.339 e. The summed E-state index contributed by atoms with van der Waals surface area (Å²) in [6.07, 6.45) is 2.53. The molecular weight excluding hydrogens is 352 g/mol. The van der Waals surface area contributed by atoms with Crippen LogP contribution in [0.1, 0.15) is 46.9 Å². The Morgan fingerprint density at radius 3 is 2.15 bits per heavy atom. The molecular formula is C19H26N2O4S. The summed E-state index contributed by atoms with van der Waals surface area (Å²) in [4.78, 5) is 28.5. The number of hydrogen-bond acceptors (Lipinski definition) is 4. The quantitative estimate of drug-likeness (QED) is 0.804. The van der Waals surface area contributed by atoms with Crippen molar-refractivity contribution in [2.24, 2.45) is 5.92 Å². The van der Waals surface area contributed by atoms with Crippen LogP contribution in [-0.2, 0) is 9.84 Å². The Labute approximate surface area is 155 Å². The van der Waals surface area contributed by atoms with Crippen molar-refractivity contribution in [3.63, 3.8) is 0 Å². The summed E-state index contributed by atoms with van der Waals surface area (Å²) < 4.78 is 23.2. The van der Waals surface area contributed by atoms with Crippen LogP contribution in [0.5, 0.6) is 0 Å². The molecule has 0 N–H and O–H groups in total. The molecule has 1 aromatic carbocycles. The van der Waals surface area contributed by atoms with E-state index in [0.717, 1.165) is 25.9 Å². The highest BCUT2D eigenvalue weighted by Crippen LogP contribution is 2.20. The van der Waals surface area contributed by atoms with E-state index in [2.05, 4.69) is 6.92 Å². The van der Waals surface area contributed by atoms with E-state index in [9.17, 15) is 18.0 Å². The van der Waals surface area contributed by atoms with Gasteiger partial charge in [0.1, 0.15) is 0 Å². The van der Waals surface area contributed by atoms with Crippen LogP contribution in [0.4, 0.5) is 0 Å². The number of piperidine rings is 1. The molecule has 2 aliphatic heterocycles. The van der Waals surface area contributed by atoms with Gasteiger partial charge in [0.15, 0.2) is 9.84 Å². The highest BCUT2D eigenvalue weighted by Gasteiger charge is 2.33. The molecule has 2 fully saturated rings. The third-order valence-corrected chi connectivity index (χ3v) is 7.28. The molecule has 0 radical (unpaired) electrons. The number of benzene rings is 1. The molecule has 0 spiro atoms. The first-order chi connectivity index (χ1) is 12.3. The third-order valence-electron chi connectivity index (χ3n) is 5.53. The zero-order valence-electron chi connectivity index (χ0n) is 15.3. The van der Waals surface area contributed by atoms with Crippen LogP contribution < -0.4 is 0 Å². The summed E-state index contributed by atoms with van der Waals surface area (Å²) in [5.74, 6) is 0.620. The van der Waals surface area contributed by atoms with Crippen molar-refractivity contribution >= 4 is 21.7 Å². The number of carbonyl (C=O) groups excluding carboxylic acids is 2. The van der Waals surface area contributed by atoms with E-state index in [-0.39, 0.29) is 29.4 Å². The van der Waals surface area contributed by atoms with Crippen LogP contribution in [0.2, 0.25) is 0 Å². The van der Waals surface area contributed by atoms with Crippen LogP contribution in [0.3, 0.4) is 0 Å². The molecule has 0 bridgehead atoms. The molecule has 0 aliphatic carbocycles. The first kappa shape index (κ1) is 18.9. The topological polar surface area (TPSA) is 74.8 Å². The van der Waals surface area contributed by atoms with Crippen molar-refractivity contribution < 1.29 is 18.0 Å². The highest BCUT2D eigenvalue weighted by atomic mass is 32.2. The van der Waals surface area contributed by atoms with Gasteiger partial charge < -0.3 is 9.80 Å². The van der Waals surface area contributed by atoms with Gasteiger partial charge in [-0.2, -0.15) is 0 Å². The maximum Gasteiger partial charge on any atom is 0.253 e. The van der Waals surface area contributed by atoms with Crippen LogP contribution in [-0.4, -0.2) is 67.7 Å². The van der Waals surface area contributed by atoms with Crippen LogP contribution in [0.25, 0.3) is 0 Å². The smallest absolute Gasteiger partial charge is 0.253 e. The summed E-state index contributed by atoms with van der Waals surface area (Å²) in [7, 11) is -1.39. The molecule has 2 saturated heterocycles. The Bertz CT molecular complexity index is 780. The lowest BCUT2D eigenvalue weighted by molar-refractivity contribution is 0.0694. The van der Waals surface area contributed by atoms with Crippen molar-refractivity contribution in [3.8, 4) is 0 Å². The molecule has 6 nitrogen and oxygen atoms in total. The fraction of sp³-hybridized carbons (Fsp3) is 0.579. The maximum absolute atomic E-state index is 12.6. The lowest BCUT2D eigenvalue weighted by atomic mass is 9.98. The van der Waals surface area contributed by atoms with E-state index < -0.39 is 9.84 Å². The lowest BCUT2D eigenvalue weighted by Gasteiger charge is -2.30. The van der Waals surface area contributed by atoms with Gasteiger partial charge in [-0.1, -0.05) is 6.92 Å². The second-order valence-corrected chi connectivity index (χ2v) is 9.75. The largest absolute Gasteiger partial charge is 0.339 e. The first-order valence-corrected chi connectivity index (χ1v) is 11.0. The van der Waals surface area contributed by atoms with E-state index in [1.807, 2.05) is 4.90 Å². The van der Waals surface area contributed by atoms with Gasteiger partial charge >= 0.3 is 0 Å². The van der Waals surface area contributed by atoms with Crippen LogP contribution in [0, 0.1) is 5.92 Å². The maximum atomic E-state index is 12.6. The first-order valence-electron chi connectivity index (χ1n) is 9.14. The van der Waals surface area contributed by atoms with Gasteiger partial charge in [0.25, 0.3) is 11.8 Å². The molecule has 142 valence electrons. The second-order valence-electron chi connectivity index (χ2n) is 7.52. The number of nitrogens with zero attached hydrogens (tertiary/aromatic N) is 2. The summed E-state index contributed by atoms with van der Waals surface area (Å²) in [5, 5.41) is 0. The minimum atomic E-state index is -3.03. The van der Waals surface area contributed by atoms with Gasteiger partial charge in [-0.3, -0.25) is 9.59 Å².